The predicted molar refractivity (Wildman–Crippen MR) is 113 cm³/mol. The molecule has 0 saturated carbocycles. The van der Waals surface area contributed by atoms with Crippen LogP contribution in [0.15, 0.2) is 47.5 Å². The smallest absolute Gasteiger partial charge is 0.237 e. The lowest BCUT2D eigenvalue weighted by molar-refractivity contribution is -0.115. The Labute approximate surface area is 165 Å². The van der Waals surface area contributed by atoms with Gasteiger partial charge < -0.3 is 15.5 Å². The fourth-order valence-corrected chi connectivity index (χ4v) is 3.42. The zero-order chi connectivity index (χ0) is 20.1. The predicted octanol–water partition coefficient (Wildman–Crippen LogP) is 4.41. The van der Waals surface area contributed by atoms with Crippen molar-refractivity contribution >= 4 is 29.2 Å². The largest absolute Gasteiger partial charge is 0.379 e. The molecule has 0 fully saturated rings. The fourth-order valence-electron chi connectivity index (χ4n) is 3.42. The van der Waals surface area contributed by atoms with Gasteiger partial charge >= 0.3 is 0 Å². The van der Waals surface area contributed by atoms with Crippen LogP contribution in [0.5, 0.6) is 0 Å². The molecule has 148 valence electrons. The third-order valence-corrected chi connectivity index (χ3v) is 4.99. The molecule has 0 radical (unpaired) electrons. The van der Waals surface area contributed by atoms with E-state index >= 15 is 0 Å². The fraction of sp³-hybridized carbons (Fsp3) is 0.364. The molecule has 2 atom stereocenters. The van der Waals surface area contributed by atoms with Crippen LogP contribution in [-0.4, -0.2) is 42.7 Å². The number of amides is 1. The summed E-state index contributed by atoms with van der Waals surface area (Å²) in [7, 11) is 0. The van der Waals surface area contributed by atoms with Gasteiger partial charge in [-0.2, -0.15) is 0 Å². The molecule has 1 aliphatic rings. The molecular weight excluding hydrogens is 355 g/mol. The number of benzene rings is 2. The molecule has 1 amide bonds. The molecule has 2 aromatic carbocycles. The second kappa shape index (κ2) is 8.97. The summed E-state index contributed by atoms with van der Waals surface area (Å²) in [6, 6.07) is 12.5. The third kappa shape index (κ3) is 4.57. The maximum absolute atomic E-state index is 14.5. The van der Waals surface area contributed by atoms with Gasteiger partial charge in [0, 0.05) is 30.6 Å². The van der Waals surface area contributed by atoms with Gasteiger partial charge in [-0.05, 0) is 43.8 Å². The molecule has 2 unspecified atom stereocenters. The van der Waals surface area contributed by atoms with E-state index in [1.807, 2.05) is 31.2 Å². The first-order chi connectivity index (χ1) is 13.5. The highest BCUT2D eigenvalue weighted by molar-refractivity contribution is 6.12. The Bertz CT molecular complexity index is 863. The van der Waals surface area contributed by atoms with Crippen LogP contribution in [-0.2, 0) is 4.79 Å². The van der Waals surface area contributed by atoms with Crippen molar-refractivity contribution < 1.29 is 9.18 Å². The van der Waals surface area contributed by atoms with Gasteiger partial charge in [0.25, 0.3) is 0 Å². The van der Waals surface area contributed by atoms with Crippen LogP contribution in [0.25, 0.3) is 0 Å². The van der Waals surface area contributed by atoms with E-state index in [0.717, 1.165) is 30.9 Å². The number of carbonyl (C=O) groups excluding carboxylic acids is 1. The minimum Gasteiger partial charge on any atom is -0.379 e. The van der Waals surface area contributed by atoms with Gasteiger partial charge in [0.1, 0.15) is 11.7 Å². The van der Waals surface area contributed by atoms with E-state index < -0.39 is 5.92 Å². The SMILES string of the molecule is CCN(CC)CC(C)Nc1ccc(N=CC2C(=O)Nc3ccccc32)cc1F. The van der Waals surface area contributed by atoms with Gasteiger partial charge in [0.05, 0.1) is 11.4 Å². The van der Waals surface area contributed by atoms with Gasteiger partial charge in [-0.15, -0.1) is 0 Å². The summed E-state index contributed by atoms with van der Waals surface area (Å²) in [5.41, 5.74) is 2.64. The van der Waals surface area contributed by atoms with E-state index in [-0.39, 0.29) is 17.8 Å². The van der Waals surface area contributed by atoms with E-state index in [4.69, 9.17) is 0 Å². The number of hydrogen-bond donors (Lipinski definition) is 2. The average Bonchev–Trinajstić information content (AvgIpc) is 3.01. The lowest BCUT2D eigenvalue weighted by Crippen LogP contribution is -2.34. The van der Waals surface area contributed by atoms with Gasteiger partial charge in [-0.1, -0.05) is 32.0 Å². The lowest BCUT2D eigenvalue weighted by Gasteiger charge is -2.24. The zero-order valence-electron chi connectivity index (χ0n) is 16.6. The van der Waals surface area contributed by atoms with Crippen LogP contribution >= 0.6 is 0 Å². The highest BCUT2D eigenvalue weighted by atomic mass is 19.1. The minimum absolute atomic E-state index is 0.117. The highest BCUT2D eigenvalue weighted by Crippen LogP contribution is 2.31. The number of para-hydroxylation sites is 1. The van der Waals surface area contributed by atoms with Crippen LogP contribution < -0.4 is 10.6 Å². The number of nitrogens with zero attached hydrogens (tertiary/aromatic N) is 2. The Kier molecular flexibility index (Phi) is 6.41. The monoisotopic (exact) mass is 382 g/mol. The molecule has 3 rings (SSSR count). The minimum atomic E-state index is -0.453. The van der Waals surface area contributed by atoms with Crippen molar-refractivity contribution in [1.82, 2.24) is 4.90 Å². The van der Waals surface area contributed by atoms with Crippen molar-refractivity contribution in [2.24, 2.45) is 4.99 Å². The molecule has 0 aromatic heterocycles. The van der Waals surface area contributed by atoms with Crippen molar-refractivity contribution in [3.63, 3.8) is 0 Å². The maximum atomic E-state index is 14.5. The van der Waals surface area contributed by atoms with Crippen molar-refractivity contribution in [3.8, 4) is 0 Å². The van der Waals surface area contributed by atoms with E-state index in [0.29, 0.717) is 11.4 Å². The van der Waals surface area contributed by atoms with E-state index in [2.05, 4.69) is 34.4 Å². The summed E-state index contributed by atoms with van der Waals surface area (Å²) in [4.78, 5) is 18.8. The van der Waals surface area contributed by atoms with E-state index in [1.165, 1.54) is 6.07 Å². The summed E-state index contributed by atoms with van der Waals surface area (Å²) in [6.45, 7) is 9.06. The number of fused-ring (bicyclic) bond motifs is 1. The first-order valence-corrected chi connectivity index (χ1v) is 9.74. The molecule has 2 aromatic rings. The summed E-state index contributed by atoms with van der Waals surface area (Å²) < 4.78 is 14.5. The Hall–Kier alpha value is -2.73. The Morgan fingerprint density at radius 3 is 2.71 bits per heavy atom. The van der Waals surface area contributed by atoms with E-state index in [1.54, 1.807) is 18.3 Å². The number of anilines is 2. The third-order valence-electron chi connectivity index (χ3n) is 4.99. The topological polar surface area (TPSA) is 56.7 Å². The molecule has 0 bridgehead atoms. The molecule has 0 aliphatic carbocycles. The Balaban J connectivity index is 1.67. The number of likely N-dealkylation sites (N-methyl/N-ethyl adjacent to an activating group) is 1. The summed E-state index contributed by atoms with van der Waals surface area (Å²) in [5.74, 6) is -0.919. The van der Waals surface area contributed by atoms with Crippen LogP contribution in [0.3, 0.4) is 0 Å². The quantitative estimate of drug-likeness (QED) is 0.665. The number of nitrogens with one attached hydrogen (secondary N) is 2. The number of carbonyl (C=O) groups is 1. The molecule has 6 heteroatoms. The van der Waals surface area contributed by atoms with Crippen molar-refractivity contribution in [3.05, 3.63) is 53.8 Å². The average molecular weight is 382 g/mol. The van der Waals surface area contributed by atoms with E-state index in [9.17, 15) is 9.18 Å². The van der Waals surface area contributed by atoms with Crippen molar-refractivity contribution in [2.45, 2.75) is 32.7 Å². The van der Waals surface area contributed by atoms with Gasteiger partial charge in [0.15, 0.2) is 0 Å². The van der Waals surface area contributed by atoms with Gasteiger partial charge in [0.2, 0.25) is 5.91 Å². The van der Waals surface area contributed by atoms with Gasteiger partial charge in [-0.3, -0.25) is 9.79 Å². The second-order valence-corrected chi connectivity index (χ2v) is 7.03. The second-order valence-electron chi connectivity index (χ2n) is 7.03. The molecule has 5 nitrogen and oxygen atoms in total. The summed E-state index contributed by atoms with van der Waals surface area (Å²) in [6.07, 6.45) is 1.58. The Morgan fingerprint density at radius 2 is 2.00 bits per heavy atom. The van der Waals surface area contributed by atoms with Crippen molar-refractivity contribution in [1.29, 1.82) is 0 Å². The molecule has 1 heterocycles. The standard InChI is InChI=1S/C22H27FN4O/c1-4-27(5-2)14-15(3)25-21-11-10-16(12-19(21)23)24-13-18-17-8-6-7-9-20(17)26-22(18)28/h6-13,15,18,25H,4-5,14H2,1-3H3,(H,26,28). The first-order valence-electron chi connectivity index (χ1n) is 9.74. The number of aliphatic imine (C=N–C) groups is 1. The summed E-state index contributed by atoms with van der Waals surface area (Å²) in [5, 5.41) is 6.05. The Morgan fingerprint density at radius 1 is 1.25 bits per heavy atom. The molecule has 1 aliphatic heterocycles. The van der Waals surface area contributed by atoms with Crippen LogP contribution in [0.1, 0.15) is 32.3 Å². The van der Waals surface area contributed by atoms with Crippen molar-refractivity contribution in [2.75, 3.05) is 30.3 Å². The lowest BCUT2D eigenvalue weighted by atomic mass is 10.0. The van der Waals surface area contributed by atoms with Crippen LogP contribution in [0.2, 0.25) is 0 Å². The highest BCUT2D eigenvalue weighted by Gasteiger charge is 2.28. The number of halogens is 1. The molecular formula is C22H27FN4O. The normalized spacial score (nSPS) is 17.0. The maximum Gasteiger partial charge on any atom is 0.237 e. The molecule has 28 heavy (non-hydrogen) atoms. The van der Waals surface area contributed by atoms with Crippen LogP contribution in [0.4, 0.5) is 21.5 Å². The number of rotatable bonds is 8. The zero-order valence-corrected chi connectivity index (χ0v) is 16.6. The van der Waals surface area contributed by atoms with Gasteiger partial charge in [-0.25, -0.2) is 4.39 Å². The van der Waals surface area contributed by atoms with Crippen LogP contribution in [0, 0.1) is 5.82 Å². The number of hydrogen-bond acceptors (Lipinski definition) is 4. The molecule has 2 N–H and O–H groups in total. The summed E-state index contributed by atoms with van der Waals surface area (Å²) >= 11 is 0. The molecule has 0 saturated heterocycles. The first kappa shape index (κ1) is 20.0. The molecule has 0 spiro atoms.